The second kappa shape index (κ2) is 8.93. The summed E-state index contributed by atoms with van der Waals surface area (Å²) in [5.74, 6) is -0.510. The molecule has 1 heterocycles. The van der Waals surface area contributed by atoms with Crippen LogP contribution >= 0.6 is 0 Å². The quantitative estimate of drug-likeness (QED) is 0.637. The van der Waals surface area contributed by atoms with Crippen LogP contribution in [0.5, 0.6) is 0 Å². The number of benzene rings is 2. The summed E-state index contributed by atoms with van der Waals surface area (Å²) in [4.78, 5) is 13.0. The Morgan fingerprint density at radius 2 is 1.66 bits per heavy atom. The molecule has 1 saturated carbocycles. The molecule has 32 heavy (non-hydrogen) atoms. The molecule has 0 atom stereocenters. The molecule has 1 aliphatic carbocycles. The third-order valence-electron chi connectivity index (χ3n) is 5.72. The predicted octanol–water partition coefficient (Wildman–Crippen LogP) is 2.86. The zero-order valence-electron chi connectivity index (χ0n) is 17.9. The van der Waals surface area contributed by atoms with Crippen LogP contribution in [-0.2, 0) is 20.0 Å². The Bertz CT molecular complexity index is 1230. The fourth-order valence-corrected chi connectivity index (χ4v) is 6.53. The third-order valence-corrected chi connectivity index (χ3v) is 9.13. The molecule has 0 unspecified atom stereocenters. The molecule has 0 radical (unpaired) electrons. The number of aryl methyl sites for hydroxylation is 1. The average molecular weight is 478 g/mol. The number of carbonyl (C=O) groups is 1. The van der Waals surface area contributed by atoms with Crippen molar-refractivity contribution < 1.29 is 21.6 Å². The van der Waals surface area contributed by atoms with Crippen LogP contribution in [0.3, 0.4) is 0 Å². The maximum Gasteiger partial charge on any atom is 0.255 e. The molecular weight excluding hydrogens is 450 g/mol. The minimum Gasteiger partial charge on any atom is -0.322 e. The van der Waals surface area contributed by atoms with E-state index >= 15 is 0 Å². The highest BCUT2D eigenvalue weighted by atomic mass is 32.2. The van der Waals surface area contributed by atoms with Gasteiger partial charge in [0.05, 0.1) is 9.79 Å². The first-order chi connectivity index (χ1) is 15.2. The summed E-state index contributed by atoms with van der Waals surface area (Å²) < 4.78 is 55.0. The van der Waals surface area contributed by atoms with E-state index in [0.717, 1.165) is 32.1 Å². The van der Waals surface area contributed by atoms with Gasteiger partial charge < -0.3 is 5.32 Å². The van der Waals surface area contributed by atoms with Crippen LogP contribution in [0.4, 0.5) is 5.69 Å². The van der Waals surface area contributed by atoms with Crippen molar-refractivity contribution in [2.24, 2.45) is 0 Å². The summed E-state index contributed by atoms with van der Waals surface area (Å²) >= 11 is 0. The molecule has 10 heteroatoms. The Morgan fingerprint density at radius 1 is 0.938 bits per heavy atom. The number of carbonyl (C=O) groups excluding carboxylic acids is 1. The normalized spacial score (nSPS) is 17.8. The molecule has 1 aliphatic heterocycles. The molecule has 0 aromatic heterocycles. The summed E-state index contributed by atoms with van der Waals surface area (Å²) in [6.45, 7) is 2.76. The van der Waals surface area contributed by atoms with Gasteiger partial charge in [-0.05, 0) is 68.5 Å². The molecule has 2 aliphatic rings. The standard InChI is InChI=1S/C22H27N3O5S2/c1-16-8-11-20(32(29,30)25-12-3-2-4-13-25)15-21(16)23-22(26)17-6-5-7-19(14-17)31(27,28)24-18-9-10-18/h5-8,11,14-15,18,24H,2-4,9-10,12-13H2,1H3,(H,23,26). The number of anilines is 1. The third kappa shape index (κ3) is 5.03. The Morgan fingerprint density at radius 3 is 2.34 bits per heavy atom. The van der Waals surface area contributed by atoms with Crippen molar-refractivity contribution >= 4 is 31.6 Å². The van der Waals surface area contributed by atoms with E-state index in [9.17, 15) is 21.6 Å². The zero-order chi connectivity index (χ0) is 22.9. The van der Waals surface area contributed by atoms with Gasteiger partial charge in [-0.2, -0.15) is 4.31 Å². The van der Waals surface area contributed by atoms with E-state index in [-0.39, 0.29) is 21.4 Å². The molecular formula is C22H27N3O5S2. The van der Waals surface area contributed by atoms with Gasteiger partial charge in [0, 0.05) is 30.4 Å². The fourth-order valence-electron chi connectivity index (χ4n) is 3.64. The first-order valence-corrected chi connectivity index (χ1v) is 13.6. The van der Waals surface area contributed by atoms with E-state index in [1.807, 2.05) is 0 Å². The van der Waals surface area contributed by atoms with E-state index in [1.165, 1.54) is 34.6 Å². The topological polar surface area (TPSA) is 113 Å². The van der Waals surface area contributed by atoms with Crippen LogP contribution in [0.25, 0.3) is 0 Å². The molecule has 2 fully saturated rings. The first kappa shape index (κ1) is 22.9. The van der Waals surface area contributed by atoms with Gasteiger partial charge in [0.2, 0.25) is 20.0 Å². The molecule has 2 N–H and O–H groups in total. The molecule has 0 spiro atoms. The van der Waals surface area contributed by atoms with Gasteiger partial charge in [0.15, 0.2) is 0 Å². The van der Waals surface area contributed by atoms with E-state index in [0.29, 0.717) is 24.3 Å². The van der Waals surface area contributed by atoms with Gasteiger partial charge in [-0.3, -0.25) is 4.79 Å². The van der Waals surface area contributed by atoms with Crippen LogP contribution in [0.15, 0.2) is 52.3 Å². The van der Waals surface area contributed by atoms with Crippen molar-refractivity contribution in [1.29, 1.82) is 0 Å². The van der Waals surface area contributed by atoms with Crippen molar-refractivity contribution in [2.75, 3.05) is 18.4 Å². The monoisotopic (exact) mass is 477 g/mol. The second-order valence-electron chi connectivity index (χ2n) is 8.32. The van der Waals surface area contributed by atoms with Crippen molar-refractivity contribution in [1.82, 2.24) is 9.03 Å². The highest BCUT2D eigenvalue weighted by Crippen LogP contribution is 2.26. The Kier molecular flexibility index (Phi) is 6.39. The highest BCUT2D eigenvalue weighted by Gasteiger charge is 2.29. The number of amides is 1. The predicted molar refractivity (Wildman–Crippen MR) is 122 cm³/mol. The average Bonchev–Trinajstić information content (AvgIpc) is 3.59. The van der Waals surface area contributed by atoms with Gasteiger partial charge in [-0.1, -0.05) is 18.6 Å². The van der Waals surface area contributed by atoms with Crippen molar-refractivity contribution in [3.63, 3.8) is 0 Å². The summed E-state index contributed by atoms with van der Waals surface area (Å²) in [6, 6.07) is 10.4. The van der Waals surface area contributed by atoms with Crippen molar-refractivity contribution in [3.05, 3.63) is 53.6 Å². The largest absolute Gasteiger partial charge is 0.322 e. The van der Waals surface area contributed by atoms with E-state index in [1.54, 1.807) is 19.1 Å². The number of rotatable bonds is 7. The van der Waals surface area contributed by atoms with Crippen LogP contribution in [-0.4, -0.2) is 46.2 Å². The molecule has 172 valence electrons. The number of nitrogens with zero attached hydrogens (tertiary/aromatic N) is 1. The molecule has 2 aromatic rings. The molecule has 4 rings (SSSR count). The van der Waals surface area contributed by atoms with Gasteiger partial charge in [-0.15, -0.1) is 0 Å². The maximum absolute atomic E-state index is 13.0. The molecule has 0 bridgehead atoms. The second-order valence-corrected chi connectivity index (χ2v) is 12.0. The van der Waals surface area contributed by atoms with Gasteiger partial charge in [0.1, 0.15) is 0 Å². The lowest BCUT2D eigenvalue weighted by Crippen LogP contribution is -2.35. The number of hydrogen-bond donors (Lipinski definition) is 2. The summed E-state index contributed by atoms with van der Waals surface area (Å²) in [6.07, 6.45) is 4.32. The zero-order valence-corrected chi connectivity index (χ0v) is 19.5. The number of sulfonamides is 2. The number of nitrogens with one attached hydrogen (secondary N) is 2. The van der Waals surface area contributed by atoms with Crippen molar-refractivity contribution in [2.45, 2.75) is 54.9 Å². The SMILES string of the molecule is Cc1ccc(S(=O)(=O)N2CCCCC2)cc1NC(=O)c1cccc(S(=O)(=O)NC2CC2)c1. The lowest BCUT2D eigenvalue weighted by atomic mass is 10.1. The van der Waals surface area contributed by atoms with Crippen LogP contribution in [0.1, 0.15) is 48.0 Å². The minimum atomic E-state index is -3.69. The minimum absolute atomic E-state index is 0.0233. The summed E-state index contributed by atoms with van der Waals surface area (Å²) in [5, 5.41) is 2.74. The molecule has 1 saturated heterocycles. The Labute approximate surface area is 189 Å². The van der Waals surface area contributed by atoms with E-state index in [2.05, 4.69) is 10.0 Å². The number of piperidine rings is 1. The van der Waals surface area contributed by atoms with E-state index < -0.39 is 26.0 Å². The summed E-state index contributed by atoms with van der Waals surface area (Å²) in [5.41, 5.74) is 1.25. The van der Waals surface area contributed by atoms with Crippen LogP contribution in [0, 0.1) is 6.92 Å². The van der Waals surface area contributed by atoms with Crippen LogP contribution in [0.2, 0.25) is 0 Å². The Balaban J connectivity index is 1.56. The summed E-state index contributed by atoms with van der Waals surface area (Å²) in [7, 11) is -7.33. The van der Waals surface area contributed by atoms with Crippen LogP contribution < -0.4 is 10.0 Å². The molecule has 1 amide bonds. The van der Waals surface area contributed by atoms with Gasteiger partial charge in [-0.25, -0.2) is 21.6 Å². The molecule has 8 nitrogen and oxygen atoms in total. The fraction of sp³-hybridized carbons (Fsp3) is 0.409. The highest BCUT2D eigenvalue weighted by molar-refractivity contribution is 7.89. The maximum atomic E-state index is 13.0. The van der Waals surface area contributed by atoms with Gasteiger partial charge >= 0.3 is 0 Å². The smallest absolute Gasteiger partial charge is 0.255 e. The first-order valence-electron chi connectivity index (χ1n) is 10.7. The van der Waals surface area contributed by atoms with E-state index in [4.69, 9.17) is 0 Å². The molecule has 2 aromatic carbocycles. The van der Waals surface area contributed by atoms with Gasteiger partial charge in [0.25, 0.3) is 5.91 Å². The van der Waals surface area contributed by atoms with Crippen molar-refractivity contribution in [3.8, 4) is 0 Å². The number of hydrogen-bond acceptors (Lipinski definition) is 5. The lowest BCUT2D eigenvalue weighted by Gasteiger charge is -2.26. The Hall–Kier alpha value is -2.27. The lowest BCUT2D eigenvalue weighted by molar-refractivity contribution is 0.102.